The Morgan fingerprint density at radius 2 is 1.65 bits per heavy atom. The molecule has 23 heavy (non-hydrogen) atoms. The molecule has 0 spiro atoms. The maximum absolute atomic E-state index is 12.1. The number of benzene rings is 2. The first-order valence-corrected chi connectivity index (χ1v) is 7.64. The molecule has 0 aliphatic rings. The smallest absolute Gasteiger partial charge is 0.324 e. The largest absolute Gasteiger partial charge is 0.497 e. The van der Waals surface area contributed by atoms with E-state index in [-0.39, 0.29) is 5.69 Å². The number of carbonyl (C=O) groups is 1. The fourth-order valence-corrected chi connectivity index (χ4v) is 2.59. The average molecular weight is 333 g/mol. The molecule has 0 radical (unpaired) electrons. The summed E-state index contributed by atoms with van der Waals surface area (Å²) in [6, 6.07) is 12.8. The highest BCUT2D eigenvalue weighted by Crippen LogP contribution is 2.27. The van der Waals surface area contributed by atoms with Gasteiger partial charge in [0.25, 0.3) is 5.69 Å². The number of carbonyl (C=O) groups excluding carboxylic acids is 1. The zero-order valence-electron chi connectivity index (χ0n) is 12.6. The summed E-state index contributed by atoms with van der Waals surface area (Å²) in [6.45, 7) is 1.72. The summed E-state index contributed by atoms with van der Waals surface area (Å²) in [5.74, 6) is 0.726. The highest BCUT2D eigenvalue weighted by Gasteiger charge is 2.17. The lowest BCUT2D eigenvalue weighted by Gasteiger charge is -2.11. The van der Waals surface area contributed by atoms with E-state index in [1.165, 1.54) is 23.9 Å². The summed E-state index contributed by atoms with van der Waals surface area (Å²) >= 11 is 1.28. The number of nitrogens with zero attached hydrogens (tertiary/aromatic N) is 1. The number of methoxy groups -OCH3 is 1. The van der Waals surface area contributed by atoms with Crippen LogP contribution in [-0.4, -0.2) is 23.3 Å². The second-order valence-corrected chi connectivity index (χ2v) is 6.02. The first-order chi connectivity index (χ1) is 11.0. The van der Waals surface area contributed by atoms with Crippen molar-refractivity contribution in [2.45, 2.75) is 17.1 Å². The molecule has 2 rings (SSSR count). The molecule has 7 heteroatoms. The lowest BCUT2D eigenvalue weighted by Crippen LogP contribution is -2.19. The molecule has 0 aliphatic heterocycles. The number of nitro groups is 1. The SMILES string of the molecule is COc1ccc(OC(=O)C(C)Sc2ccc([N+](=O)[O-])cc2)cc1. The van der Waals surface area contributed by atoms with Gasteiger partial charge in [-0.3, -0.25) is 14.9 Å². The molecular formula is C16H15NO5S. The van der Waals surface area contributed by atoms with Crippen LogP contribution in [0, 0.1) is 10.1 Å². The van der Waals surface area contributed by atoms with Crippen LogP contribution in [0.25, 0.3) is 0 Å². The Balaban J connectivity index is 1.94. The van der Waals surface area contributed by atoms with Crippen molar-refractivity contribution in [3.63, 3.8) is 0 Å². The lowest BCUT2D eigenvalue weighted by molar-refractivity contribution is -0.384. The maximum atomic E-state index is 12.1. The topological polar surface area (TPSA) is 78.7 Å². The molecule has 2 aromatic rings. The van der Waals surface area contributed by atoms with Crippen molar-refractivity contribution in [3.8, 4) is 11.5 Å². The summed E-state index contributed by atoms with van der Waals surface area (Å²) in [5, 5.41) is 10.2. The molecule has 0 N–H and O–H groups in total. The van der Waals surface area contributed by atoms with Crippen molar-refractivity contribution in [3.05, 3.63) is 58.6 Å². The first kappa shape index (κ1) is 16.8. The number of hydrogen-bond donors (Lipinski definition) is 0. The van der Waals surface area contributed by atoms with Crippen LogP contribution < -0.4 is 9.47 Å². The van der Waals surface area contributed by atoms with Crippen molar-refractivity contribution in [1.29, 1.82) is 0 Å². The van der Waals surface area contributed by atoms with Crippen LogP contribution in [0.15, 0.2) is 53.4 Å². The van der Waals surface area contributed by atoms with Crippen LogP contribution in [0.1, 0.15) is 6.92 Å². The molecule has 0 aliphatic carbocycles. The number of ether oxygens (including phenoxy) is 2. The molecule has 120 valence electrons. The lowest BCUT2D eigenvalue weighted by atomic mass is 10.3. The Kier molecular flexibility index (Phi) is 5.59. The van der Waals surface area contributed by atoms with Gasteiger partial charge in [0.1, 0.15) is 16.7 Å². The van der Waals surface area contributed by atoms with Gasteiger partial charge in [0.05, 0.1) is 12.0 Å². The van der Waals surface area contributed by atoms with Crippen molar-refractivity contribution in [1.82, 2.24) is 0 Å². The van der Waals surface area contributed by atoms with E-state index in [9.17, 15) is 14.9 Å². The summed E-state index contributed by atoms with van der Waals surface area (Å²) < 4.78 is 10.3. The van der Waals surface area contributed by atoms with Gasteiger partial charge in [0, 0.05) is 17.0 Å². The maximum Gasteiger partial charge on any atom is 0.324 e. The fraction of sp³-hybridized carbons (Fsp3) is 0.188. The van der Waals surface area contributed by atoms with Gasteiger partial charge >= 0.3 is 5.97 Å². The van der Waals surface area contributed by atoms with Crippen LogP contribution in [0.2, 0.25) is 0 Å². The van der Waals surface area contributed by atoms with Gasteiger partial charge in [0.15, 0.2) is 0 Å². The zero-order valence-corrected chi connectivity index (χ0v) is 13.4. The molecule has 0 aromatic heterocycles. The van der Waals surface area contributed by atoms with E-state index in [0.29, 0.717) is 11.5 Å². The number of thioether (sulfide) groups is 1. The van der Waals surface area contributed by atoms with E-state index >= 15 is 0 Å². The summed E-state index contributed by atoms with van der Waals surface area (Å²) in [5.41, 5.74) is 0.0165. The highest BCUT2D eigenvalue weighted by atomic mass is 32.2. The second kappa shape index (κ2) is 7.64. The van der Waals surface area contributed by atoms with Crippen LogP contribution in [0.3, 0.4) is 0 Å². The second-order valence-electron chi connectivity index (χ2n) is 4.61. The van der Waals surface area contributed by atoms with E-state index in [1.807, 2.05) is 0 Å². The van der Waals surface area contributed by atoms with Gasteiger partial charge in [-0.15, -0.1) is 11.8 Å². The van der Waals surface area contributed by atoms with Gasteiger partial charge in [-0.05, 0) is 43.3 Å². The van der Waals surface area contributed by atoms with Gasteiger partial charge in [0.2, 0.25) is 0 Å². The Morgan fingerprint density at radius 1 is 1.09 bits per heavy atom. The number of nitro benzene ring substituents is 1. The average Bonchev–Trinajstić information content (AvgIpc) is 2.56. The van der Waals surface area contributed by atoms with Crippen molar-refractivity contribution in [2.24, 2.45) is 0 Å². The zero-order chi connectivity index (χ0) is 16.8. The minimum absolute atomic E-state index is 0.0165. The normalized spacial score (nSPS) is 11.6. The predicted molar refractivity (Wildman–Crippen MR) is 87.0 cm³/mol. The molecule has 6 nitrogen and oxygen atoms in total. The summed E-state index contributed by atoms with van der Waals surface area (Å²) in [4.78, 5) is 23.0. The van der Waals surface area contributed by atoms with E-state index in [2.05, 4.69) is 0 Å². The number of esters is 1. The fourth-order valence-electron chi connectivity index (χ4n) is 1.74. The molecular weight excluding hydrogens is 318 g/mol. The van der Waals surface area contributed by atoms with Crippen LogP contribution in [0.4, 0.5) is 5.69 Å². The summed E-state index contributed by atoms with van der Waals surface area (Å²) in [6.07, 6.45) is 0. The molecule has 0 heterocycles. The van der Waals surface area contributed by atoms with Gasteiger partial charge in [-0.2, -0.15) is 0 Å². The Morgan fingerprint density at radius 3 is 2.17 bits per heavy atom. The van der Waals surface area contributed by atoms with Crippen molar-refractivity contribution < 1.29 is 19.2 Å². The highest BCUT2D eigenvalue weighted by molar-refractivity contribution is 8.00. The molecule has 0 saturated carbocycles. The van der Waals surface area contributed by atoms with E-state index in [4.69, 9.17) is 9.47 Å². The van der Waals surface area contributed by atoms with Crippen molar-refractivity contribution >= 4 is 23.4 Å². The standard InChI is InChI=1S/C16H15NO5S/c1-11(23-15-9-3-12(4-10-15)17(19)20)16(18)22-14-7-5-13(21-2)6-8-14/h3-11H,1-2H3. The van der Waals surface area contributed by atoms with E-state index in [0.717, 1.165) is 4.90 Å². The Labute approximate surface area is 137 Å². The van der Waals surface area contributed by atoms with E-state index < -0.39 is 16.1 Å². The monoisotopic (exact) mass is 333 g/mol. The predicted octanol–water partition coefficient (Wildman–Crippen LogP) is 3.69. The number of hydrogen-bond acceptors (Lipinski definition) is 6. The van der Waals surface area contributed by atoms with Gasteiger partial charge in [-0.1, -0.05) is 0 Å². The Bertz CT molecular complexity index is 685. The van der Waals surface area contributed by atoms with Gasteiger partial charge < -0.3 is 9.47 Å². The quantitative estimate of drug-likeness (QED) is 0.264. The van der Waals surface area contributed by atoms with Crippen LogP contribution >= 0.6 is 11.8 Å². The van der Waals surface area contributed by atoms with Crippen LogP contribution in [-0.2, 0) is 4.79 Å². The first-order valence-electron chi connectivity index (χ1n) is 6.76. The third-order valence-corrected chi connectivity index (χ3v) is 4.06. The van der Waals surface area contributed by atoms with Crippen LogP contribution in [0.5, 0.6) is 11.5 Å². The third kappa shape index (κ3) is 4.72. The number of non-ortho nitro benzene ring substituents is 1. The number of rotatable bonds is 6. The summed E-state index contributed by atoms with van der Waals surface area (Å²) in [7, 11) is 1.56. The van der Waals surface area contributed by atoms with Crippen molar-refractivity contribution in [2.75, 3.05) is 7.11 Å². The Hall–Kier alpha value is -2.54. The molecule has 1 atom stereocenters. The minimum atomic E-state index is -0.462. The molecule has 2 aromatic carbocycles. The third-order valence-electron chi connectivity index (χ3n) is 2.97. The molecule has 0 bridgehead atoms. The molecule has 1 unspecified atom stereocenters. The minimum Gasteiger partial charge on any atom is -0.497 e. The van der Waals surface area contributed by atoms with Gasteiger partial charge in [-0.25, -0.2) is 0 Å². The van der Waals surface area contributed by atoms with E-state index in [1.54, 1.807) is 50.4 Å². The molecule has 0 saturated heterocycles. The molecule has 0 amide bonds. The molecule has 0 fully saturated rings.